The van der Waals surface area contributed by atoms with Gasteiger partial charge in [0.25, 0.3) is 0 Å². The van der Waals surface area contributed by atoms with Crippen molar-refractivity contribution in [2.24, 2.45) is 0 Å². The molecule has 0 bridgehead atoms. The Morgan fingerprint density at radius 3 is 1.37 bits per heavy atom. The first-order valence-corrected chi connectivity index (χ1v) is 19.3. The van der Waals surface area contributed by atoms with E-state index in [2.05, 4.69) is 150 Å². The number of nitrogens with zero attached hydrogens (tertiary/aromatic N) is 4. The van der Waals surface area contributed by atoms with Crippen molar-refractivity contribution >= 4 is 43.4 Å². The molecule has 2 aromatic heterocycles. The van der Waals surface area contributed by atoms with E-state index in [-0.39, 0.29) is 0 Å². The van der Waals surface area contributed by atoms with Crippen LogP contribution in [0.15, 0.2) is 206 Å². The molecule has 57 heavy (non-hydrogen) atoms. The molecule has 0 unspecified atom stereocenters. The predicted octanol–water partition coefficient (Wildman–Crippen LogP) is 13.6. The number of hydrogen-bond donors (Lipinski definition) is 0. The minimum Gasteiger partial charge on any atom is -0.309 e. The number of hydrogen-bond acceptors (Lipinski definition) is 3. The third-order valence-corrected chi connectivity index (χ3v) is 11.1. The van der Waals surface area contributed by atoms with Crippen molar-refractivity contribution in [1.82, 2.24) is 19.5 Å². The molecule has 0 aliphatic heterocycles. The average molecular weight is 727 g/mol. The second-order valence-electron chi connectivity index (χ2n) is 14.4. The highest BCUT2D eigenvalue weighted by molar-refractivity contribution is 6.22. The quantitative estimate of drug-likeness (QED) is 0.171. The van der Waals surface area contributed by atoms with Gasteiger partial charge in [-0.25, -0.2) is 15.0 Å². The minimum absolute atomic E-state index is 0.640. The molecule has 4 heteroatoms. The Bertz CT molecular complexity index is 3200. The Hall–Kier alpha value is -7.69. The minimum atomic E-state index is 0.640. The second kappa shape index (κ2) is 13.6. The fourth-order valence-corrected chi connectivity index (χ4v) is 8.36. The molecule has 2 heterocycles. The summed E-state index contributed by atoms with van der Waals surface area (Å²) in [6, 6.07) is 73.0. The average Bonchev–Trinajstić information content (AvgIpc) is 3.64. The van der Waals surface area contributed by atoms with Crippen LogP contribution in [0.5, 0.6) is 0 Å². The SMILES string of the molecule is c1ccc(-c2nc(-c3ccccc3)nc(-c3ccc(-n4c5ccccc5c5c6ccc(-c7ccc(-c8ccccc8)c8ccccc78)cc6ccc54)cc3)n2)cc1. The summed E-state index contributed by atoms with van der Waals surface area (Å²) in [5.74, 6) is 1.94. The standard InChI is InChI=1S/C53H34N4/c1-4-14-35(15-5-1)42-31-32-43(46-21-11-10-20-45(42)46)39-26-30-44-40(34-39)27-33-49-50(44)47-22-12-13-23-48(47)57(49)41-28-24-38(25-29-41)53-55-51(36-16-6-2-7-17-36)54-52(56-53)37-18-8-3-9-19-37/h1-34H. The van der Waals surface area contributed by atoms with Crippen LogP contribution in [0.2, 0.25) is 0 Å². The van der Waals surface area contributed by atoms with Crippen LogP contribution in [0, 0.1) is 0 Å². The van der Waals surface area contributed by atoms with Gasteiger partial charge < -0.3 is 4.57 Å². The lowest BCUT2D eigenvalue weighted by Gasteiger charge is -2.13. The van der Waals surface area contributed by atoms with Crippen LogP contribution in [0.1, 0.15) is 0 Å². The third-order valence-electron chi connectivity index (χ3n) is 11.1. The molecule has 0 N–H and O–H groups in total. The number of rotatable bonds is 6. The summed E-state index contributed by atoms with van der Waals surface area (Å²) in [7, 11) is 0. The van der Waals surface area contributed by atoms with Crippen LogP contribution in [0.25, 0.3) is 105 Å². The van der Waals surface area contributed by atoms with Gasteiger partial charge >= 0.3 is 0 Å². The first-order valence-electron chi connectivity index (χ1n) is 19.3. The van der Waals surface area contributed by atoms with Crippen molar-refractivity contribution in [2.75, 3.05) is 0 Å². The predicted molar refractivity (Wildman–Crippen MR) is 236 cm³/mol. The van der Waals surface area contributed by atoms with Crippen molar-refractivity contribution in [3.8, 4) is 62.1 Å². The van der Waals surface area contributed by atoms with Crippen molar-refractivity contribution < 1.29 is 0 Å². The van der Waals surface area contributed by atoms with Crippen LogP contribution < -0.4 is 0 Å². The Balaban J connectivity index is 1.01. The maximum Gasteiger partial charge on any atom is 0.164 e. The van der Waals surface area contributed by atoms with Crippen LogP contribution in [0.4, 0.5) is 0 Å². The van der Waals surface area contributed by atoms with E-state index < -0.39 is 0 Å². The summed E-state index contributed by atoms with van der Waals surface area (Å²) in [4.78, 5) is 14.8. The molecule has 0 fully saturated rings. The lowest BCUT2D eigenvalue weighted by molar-refractivity contribution is 1.07. The second-order valence-corrected chi connectivity index (χ2v) is 14.4. The van der Waals surface area contributed by atoms with Gasteiger partial charge in [0.1, 0.15) is 0 Å². The van der Waals surface area contributed by atoms with Crippen molar-refractivity contribution in [2.45, 2.75) is 0 Å². The van der Waals surface area contributed by atoms with E-state index in [1.807, 2.05) is 60.7 Å². The molecule has 9 aromatic carbocycles. The summed E-state index contributed by atoms with van der Waals surface area (Å²) in [5, 5.41) is 7.44. The topological polar surface area (TPSA) is 43.6 Å². The first kappa shape index (κ1) is 32.7. The molecule has 11 rings (SSSR count). The maximum absolute atomic E-state index is 4.96. The van der Waals surface area contributed by atoms with Gasteiger partial charge in [-0.15, -0.1) is 0 Å². The van der Waals surface area contributed by atoms with Crippen LogP contribution >= 0.6 is 0 Å². The van der Waals surface area contributed by atoms with Gasteiger partial charge in [0.2, 0.25) is 0 Å². The zero-order chi connectivity index (χ0) is 37.7. The van der Waals surface area contributed by atoms with E-state index in [0.717, 1.165) is 27.9 Å². The fraction of sp³-hybridized carbons (Fsp3) is 0. The van der Waals surface area contributed by atoms with Crippen molar-refractivity contribution in [3.63, 3.8) is 0 Å². The zero-order valence-electron chi connectivity index (χ0n) is 30.9. The summed E-state index contributed by atoms with van der Waals surface area (Å²) in [6.07, 6.45) is 0. The number of para-hydroxylation sites is 1. The lowest BCUT2D eigenvalue weighted by atomic mass is 9.91. The van der Waals surface area contributed by atoms with Gasteiger partial charge in [-0.05, 0) is 86.3 Å². The van der Waals surface area contributed by atoms with Crippen molar-refractivity contribution in [1.29, 1.82) is 0 Å². The Morgan fingerprint density at radius 1 is 0.298 bits per heavy atom. The van der Waals surface area contributed by atoms with E-state index in [0.29, 0.717) is 17.5 Å². The van der Waals surface area contributed by atoms with Crippen LogP contribution in [-0.2, 0) is 0 Å². The fourth-order valence-electron chi connectivity index (χ4n) is 8.36. The lowest BCUT2D eigenvalue weighted by Crippen LogP contribution is -2.00. The molecule has 4 nitrogen and oxygen atoms in total. The molecule has 0 aliphatic carbocycles. The normalized spacial score (nSPS) is 11.5. The van der Waals surface area contributed by atoms with Gasteiger partial charge in [-0.1, -0.05) is 164 Å². The zero-order valence-corrected chi connectivity index (χ0v) is 30.9. The van der Waals surface area contributed by atoms with E-state index in [9.17, 15) is 0 Å². The molecule has 0 radical (unpaired) electrons. The third kappa shape index (κ3) is 5.66. The monoisotopic (exact) mass is 726 g/mol. The van der Waals surface area contributed by atoms with E-state index in [1.54, 1.807) is 0 Å². The summed E-state index contributed by atoms with van der Waals surface area (Å²) < 4.78 is 2.37. The summed E-state index contributed by atoms with van der Waals surface area (Å²) in [6.45, 7) is 0. The Kier molecular flexibility index (Phi) is 7.78. The molecular weight excluding hydrogens is 693 g/mol. The molecule has 0 saturated heterocycles. The summed E-state index contributed by atoms with van der Waals surface area (Å²) in [5.41, 5.74) is 11.2. The number of benzene rings is 9. The van der Waals surface area contributed by atoms with E-state index in [4.69, 9.17) is 15.0 Å². The molecule has 0 spiro atoms. The molecule has 11 aromatic rings. The Labute approximate surface area is 330 Å². The van der Waals surface area contributed by atoms with Gasteiger partial charge in [0, 0.05) is 33.2 Å². The van der Waals surface area contributed by atoms with E-state index >= 15 is 0 Å². The van der Waals surface area contributed by atoms with Gasteiger partial charge in [-0.2, -0.15) is 0 Å². The number of aromatic nitrogens is 4. The highest BCUT2D eigenvalue weighted by Crippen LogP contribution is 2.40. The smallest absolute Gasteiger partial charge is 0.164 e. The van der Waals surface area contributed by atoms with Crippen molar-refractivity contribution in [3.05, 3.63) is 206 Å². The summed E-state index contributed by atoms with van der Waals surface area (Å²) >= 11 is 0. The highest BCUT2D eigenvalue weighted by Gasteiger charge is 2.17. The van der Waals surface area contributed by atoms with Crippen LogP contribution in [-0.4, -0.2) is 19.5 Å². The van der Waals surface area contributed by atoms with Gasteiger partial charge in [0.05, 0.1) is 11.0 Å². The first-order chi connectivity index (χ1) is 28.3. The molecule has 0 saturated carbocycles. The molecule has 266 valence electrons. The molecule has 0 aliphatic rings. The van der Waals surface area contributed by atoms with E-state index in [1.165, 1.54) is 60.1 Å². The van der Waals surface area contributed by atoms with Gasteiger partial charge in [0.15, 0.2) is 17.5 Å². The molecule has 0 atom stereocenters. The largest absolute Gasteiger partial charge is 0.309 e. The van der Waals surface area contributed by atoms with Gasteiger partial charge in [-0.3, -0.25) is 0 Å². The highest BCUT2D eigenvalue weighted by atomic mass is 15.0. The maximum atomic E-state index is 4.96. The molecule has 0 amide bonds. The Morgan fingerprint density at radius 2 is 0.772 bits per heavy atom. The van der Waals surface area contributed by atoms with Crippen LogP contribution in [0.3, 0.4) is 0 Å². The molecular formula is C53H34N4. The number of fused-ring (bicyclic) bond motifs is 6.